The number of hydrogen-bond acceptors (Lipinski definition) is 5. The van der Waals surface area contributed by atoms with E-state index in [4.69, 9.17) is 0 Å². The van der Waals surface area contributed by atoms with E-state index in [0.29, 0.717) is 23.8 Å². The minimum absolute atomic E-state index is 0.00985. The zero-order chi connectivity index (χ0) is 16.1. The van der Waals surface area contributed by atoms with Crippen LogP contribution in [0.25, 0.3) is 0 Å². The maximum Gasteiger partial charge on any atom is 0.248 e. The lowest BCUT2D eigenvalue weighted by atomic mass is 10.2. The van der Waals surface area contributed by atoms with Crippen molar-refractivity contribution in [2.24, 2.45) is 0 Å². The minimum Gasteiger partial charge on any atom is -0.330 e. The van der Waals surface area contributed by atoms with Gasteiger partial charge in [-0.25, -0.2) is 4.98 Å². The fourth-order valence-corrected chi connectivity index (χ4v) is 3.89. The van der Waals surface area contributed by atoms with Gasteiger partial charge in [-0.1, -0.05) is 18.2 Å². The van der Waals surface area contributed by atoms with Crippen LogP contribution in [-0.2, 0) is 9.59 Å². The van der Waals surface area contributed by atoms with Crippen molar-refractivity contribution in [2.75, 3.05) is 17.6 Å². The standard InChI is InChI=1S/C16H17N3O2S2/c20-14(11-23-12-5-2-1-3-6-12)19-9-4-7-13(19)15(21)18-16-17-8-10-22-16/h1-3,5-6,8,10,13H,4,7,9,11H2,(H,17,18,21). The Labute approximate surface area is 143 Å². The number of thioether (sulfide) groups is 1. The van der Waals surface area contributed by atoms with E-state index >= 15 is 0 Å². The van der Waals surface area contributed by atoms with Crippen LogP contribution in [0.15, 0.2) is 46.8 Å². The zero-order valence-electron chi connectivity index (χ0n) is 12.5. The number of hydrogen-bond donors (Lipinski definition) is 1. The van der Waals surface area contributed by atoms with Gasteiger partial charge in [0.15, 0.2) is 5.13 Å². The van der Waals surface area contributed by atoms with Crippen molar-refractivity contribution in [2.45, 2.75) is 23.8 Å². The molecular formula is C16H17N3O2S2. The Hall–Kier alpha value is -1.86. The van der Waals surface area contributed by atoms with E-state index in [9.17, 15) is 9.59 Å². The summed E-state index contributed by atoms with van der Waals surface area (Å²) in [6, 6.07) is 9.43. The molecule has 2 amide bonds. The van der Waals surface area contributed by atoms with Crippen molar-refractivity contribution in [1.29, 1.82) is 0 Å². The Bertz CT molecular complexity index is 661. The molecule has 0 aliphatic carbocycles. The van der Waals surface area contributed by atoms with Crippen molar-refractivity contribution < 1.29 is 9.59 Å². The molecule has 1 aromatic heterocycles. The molecule has 1 atom stereocenters. The molecule has 1 fully saturated rings. The molecule has 7 heteroatoms. The number of nitrogens with one attached hydrogen (secondary N) is 1. The van der Waals surface area contributed by atoms with Gasteiger partial charge in [0.1, 0.15) is 6.04 Å². The van der Waals surface area contributed by atoms with Gasteiger partial charge in [-0.3, -0.25) is 9.59 Å². The van der Waals surface area contributed by atoms with Crippen LogP contribution < -0.4 is 5.32 Å². The number of likely N-dealkylation sites (tertiary alicyclic amines) is 1. The molecule has 5 nitrogen and oxygen atoms in total. The number of carbonyl (C=O) groups is 2. The lowest BCUT2D eigenvalue weighted by molar-refractivity contribution is -0.134. The second kappa shape index (κ2) is 7.61. The SMILES string of the molecule is O=C(Nc1nccs1)C1CCCN1C(=O)CSc1ccccc1. The monoisotopic (exact) mass is 347 g/mol. The van der Waals surface area contributed by atoms with Crippen LogP contribution in [0.5, 0.6) is 0 Å². The fraction of sp³-hybridized carbons (Fsp3) is 0.312. The molecule has 2 heterocycles. The molecule has 1 saturated heterocycles. The number of amides is 2. The molecule has 0 bridgehead atoms. The number of thiazole rings is 1. The minimum atomic E-state index is -0.386. The molecule has 1 aromatic carbocycles. The van der Waals surface area contributed by atoms with Crippen molar-refractivity contribution in [3.05, 3.63) is 41.9 Å². The second-order valence-electron chi connectivity index (χ2n) is 5.17. The summed E-state index contributed by atoms with van der Waals surface area (Å²) < 4.78 is 0. The molecule has 3 rings (SSSR count). The molecule has 1 aliphatic heterocycles. The van der Waals surface area contributed by atoms with Gasteiger partial charge in [-0.2, -0.15) is 0 Å². The summed E-state index contributed by atoms with van der Waals surface area (Å²) in [6.45, 7) is 0.643. The van der Waals surface area contributed by atoms with Crippen LogP contribution in [0, 0.1) is 0 Å². The van der Waals surface area contributed by atoms with Crippen LogP contribution >= 0.6 is 23.1 Å². The van der Waals surface area contributed by atoms with E-state index in [1.165, 1.54) is 23.1 Å². The summed E-state index contributed by atoms with van der Waals surface area (Å²) in [5, 5.41) is 5.18. The molecule has 23 heavy (non-hydrogen) atoms. The van der Waals surface area contributed by atoms with E-state index in [-0.39, 0.29) is 17.9 Å². The summed E-state index contributed by atoms with van der Waals surface area (Å²) in [5.41, 5.74) is 0. The van der Waals surface area contributed by atoms with E-state index in [0.717, 1.165) is 11.3 Å². The van der Waals surface area contributed by atoms with Gasteiger partial charge >= 0.3 is 0 Å². The Morgan fingerprint density at radius 3 is 2.91 bits per heavy atom. The number of benzene rings is 1. The van der Waals surface area contributed by atoms with E-state index in [1.54, 1.807) is 11.1 Å². The van der Waals surface area contributed by atoms with E-state index < -0.39 is 0 Å². The third-order valence-corrected chi connectivity index (χ3v) is 5.33. The summed E-state index contributed by atoms with van der Waals surface area (Å²) >= 11 is 2.88. The lowest BCUT2D eigenvalue weighted by Crippen LogP contribution is -2.43. The first-order chi connectivity index (χ1) is 11.2. The maximum absolute atomic E-state index is 12.4. The molecule has 0 radical (unpaired) electrons. The van der Waals surface area contributed by atoms with Gasteiger partial charge in [-0.05, 0) is 25.0 Å². The Balaban J connectivity index is 1.57. The molecule has 0 saturated carbocycles. The smallest absolute Gasteiger partial charge is 0.248 e. The zero-order valence-corrected chi connectivity index (χ0v) is 14.1. The van der Waals surface area contributed by atoms with E-state index in [1.807, 2.05) is 35.7 Å². The van der Waals surface area contributed by atoms with Crippen LogP contribution in [0.4, 0.5) is 5.13 Å². The van der Waals surface area contributed by atoms with Crippen LogP contribution in [0.2, 0.25) is 0 Å². The van der Waals surface area contributed by atoms with Crippen LogP contribution in [0.3, 0.4) is 0 Å². The Kier molecular flexibility index (Phi) is 5.30. The van der Waals surface area contributed by atoms with Gasteiger partial charge in [0.05, 0.1) is 5.75 Å². The van der Waals surface area contributed by atoms with Gasteiger partial charge in [0.25, 0.3) is 0 Å². The van der Waals surface area contributed by atoms with Gasteiger partial charge in [-0.15, -0.1) is 23.1 Å². The average Bonchev–Trinajstić information content (AvgIpc) is 3.24. The van der Waals surface area contributed by atoms with Crippen molar-refractivity contribution >= 4 is 40.0 Å². The summed E-state index contributed by atoms with van der Waals surface area (Å²) in [5.74, 6) is 0.219. The molecule has 1 aliphatic rings. The molecule has 1 N–H and O–H groups in total. The second-order valence-corrected chi connectivity index (χ2v) is 7.12. The highest BCUT2D eigenvalue weighted by molar-refractivity contribution is 8.00. The van der Waals surface area contributed by atoms with Gasteiger partial charge < -0.3 is 10.2 Å². The van der Waals surface area contributed by atoms with Crippen LogP contribution in [-0.4, -0.2) is 40.0 Å². The van der Waals surface area contributed by atoms with Crippen molar-refractivity contribution in [1.82, 2.24) is 9.88 Å². The first kappa shape index (κ1) is 16.0. The largest absolute Gasteiger partial charge is 0.330 e. The predicted molar refractivity (Wildman–Crippen MR) is 92.6 cm³/mol. The predicted octanol–water partition coefficient (Wildman–Crippen LogP) is 2.86. The third-order valence-electron chi connectivity index (χ3n) is 3.64. The van der Waals surface area contributed by atoms with Crippen molar-refractivity contribution in [3.8, 4) is 0 Å². The summed E-state index contributed by atoms with van der Waals surface area (Å²) in [6.07, 6.45) is 3.21. The average molecular weight is 347 g/mol. The quantitative estimate of drug-likeness (QED) is 0.845. The molecular weight excluding hydrogens is 330 g/mol. The maximum atomic E-state index is 12.4. The normalized spacial score (nSPS) is 17.2. The topological polar surface area (TPSA) is 62.3 Å². The molecule has 2 aromatic rings. The highest BCUT2D eigenvalue weighted by Crippen LogP contribution is 2.23. The number of rotatable bonds is 5. The number of nitrogens with zero attached hydrogens (tertiary/aromatic N) is 2. The molecule has 120 valence electrons. The highest BCUT2D eigenvalue weighted by Gasteiger charge is 2.34. The molecule has 0 spiro atoms. The fourth-order valence-electron chi connectivity index (χ4n) is 2.56. The third kappa shape index (κ3) is 4.11. The number of carbonyl (C=O) groups excluding carboxylic acids is 2. The highest BCUT2D eigenvalue weighted by atomic mass is 32.2. The van der Waals surface area contributed by atoms with Gasteiger partial charge in [0.2, 0.25) is 11.8 Å². The molecule has 1 unspecified atom stereocenters. The number of aromatic nitrogens is 1. The lowest BCUT2D eigenvalue weighted by Gasteiger charge is -2.23. The number of anilines is 1. The summed E-state index contributed by atoms with van der Waals surface area (Å²) in [4.78, 5) is 31.6. The van der Waals surface area contributed by atoms with Crippen LogP contribution in [0.1, 0.15) is 12.8 Å². The van der Waals surface area contributed by atoms with Crippen molar-refractivity contribution in [3.63, 3.8) is 0 Å². The Morgan fingerprint density at radius 1 is 1.35 bits per heavy atom. The van der Waals surface area contributed by atoms with E-state index in [2.05, 4.69) is 10.3 Å². The summed E-state index contributed by atoms with van der Waals surface area (Å²) in [7, 11) is 0. The first-order valence-electron chi connectivity index (χ1n) is 7.42. The first-order valence-corrected chi connectivity index (χ1v) is 9.28. The van der Waals surface area contributed by atoms with Gasteiger partial charge in [0, 0.05) is 23.0 Å². The Morgan fingerprint density at radius 2 is 2.17 bits per heavy atom.